The summed E-state index contributed by atoms with van der Waals surface area (Å²) < 4.78 is 18.0. The van der Waals surface area contributed by atoms with E-state index in [1.807, 2.05) is 36.4 Å². The molecule has 1 unspecified atom stereocenters. The van der Waals surface area contributed by atoms with Crippen LogP contribution in [0.3, 0.4) is 0 Å². The molecule has 39 heavy (non-hydrogen) atoms. The summed E-state index contributed by atoms with van der Waals surface area (Å²) in [5.74, 6) is 0.708. The molecule has 1 saturated heterocycles. The normalized spacial score (nSPS) is 27.5. The topological polar surface area (TPSA) is 132 Å². The number of benzene rings is 3. The lowest BCUT2D eigenvalue weighted by Gasteiger charge is -2.40. The van der Waals surface area contributed by atoms with Gasteiger partial charge in [-0.1, -0.05) is 48.5 Å². The highest BCUT2D eigenvalue weighted by molar-refractivity contribution is 5.44. The molecule has 8 heteroatoms. The van der Waals surface area contributed by atoms with Crippen LogP contribution in [-0.2, 0) is 21.5 Å². The molecule has 2 aliphatic rings. The summed E-state index contributed by atoms with van der Waals surface area (Å²) in [6.07, 6.45) is -5.96. The third-order valence-electron chi connectivity index (χ3n) is 7.58. The Morgan fingerprint density at radius 2 is 1.69 bits per heavy atom. The van der Waals surface area contributed by atoms with Crippen LogP contribution in [0.2, 0.25) is 0 Å². The largest absolute Gasteiger partial charge is 0.491 e. The molecular formula is C31H33NO7. The van der Waals surface area contributed by atoms with Gasteiger partial charge in [-0.05, 0) is 66.3 Å². The van der Waals surface area contributed by atoms with Crippen LogP contribution < -0.4 is 4.74 Å². The summed E-state index contributed by atoms with van der Waals surface area (Å²) in [5, 5.41) is 50.0. The number of hydrogen-bond acceptors (Lipinski definition) is 8. The highest BCUT2D eigenvalue weighted by atomic mass is 16.6. The lowest BCUT2D eigenvalue weighted by molar-refractivity contribution is -0.231. The van der Waals surface area contributed by atoms with Crippen LogP contribution in [0.1, 0.15) is 59.4 Å². The zero-order chi connectivity index (χ0) is 27.7. The molecular weight excluding hydrogens is 498 g/mol. The molecule has 0 bridgehead atoms. The maximum Gasteiger partial charge on any atom is 0.119 e. The van der Waals surface area contributed by atoms with Gasteiger partial charge in [0, 0.05) is 0 Å². The second-order valence-electron chi connectivity index (χ2n) is 10.6. The van der Waals surface area contributed by atoms with Crippen molar-refractivity contribution in [3.63, 3.8) is 0 Å². The van der Waals surface area contributed by atoms with E-state index in [1.54, 1.807) is 18.2 Å². The van der Waals surface area contributed by atoms with E-state index in [9.17, 15) is 25.7 Å². The highest BCUT2D eigenvalue weighted by Crippen LogP contribution is 2.43. The van der Waals surface area contributed by atoms with Crippen LogP contribution in [0.25, 0.3) is 0 Å². The average molecular weight is 532 g/mol. The molecule has 0 radical (unpaired) electrons. The maximum absolute atomic E-state index is 10.5. The van der Waals surface area contributed by atoms with E-state index in [0.29, 0.717) is 29.9 Å². The van der Waals surface area contributed by atoms with Crippen LogP contribution >= 0.6 is 0 Å². The summed E-state index contributed by atoms with van der Waals surface area (Å²) in [7, 11) is 0. The van der Waals surface area contributed by atoms with E-state index in [4.69, 9.17) is 14.2 Å². The van der Waals surface area contributed by atoms with Gasteiger partial charge in [0.1, 0.15) is 49.0 Å². The van der Waals surface area contributed by atoms with Gasteiger partial charge in [0.15, 0.2) is 0 Å². The number of nitrogens with zero attached hydrogens (tertiary/aromatic N) is 1. The fourth-order valence-electron chi connectivity index (χ4n) is 5.45. The van der Waals surface area contributed by atoms with Crippen LogP contribution in [0.15, 0.2) is 66.7 Å². The molecule has 8 nitrogen and oxygen atoms in total. The van der Waals surface area contributed by atoms with Gasteiger partial charge in [-0.15, -0.1) is 0 Å². The van der Waals surface area contributed by atoms with Gasteiger partial charge < -0.3 is 34.6 Å². The molecule has 0 saturated carbocycles. The predicted octanol–water partition coefficient (Wildman–Crippen LogP) is 3.05. The Morgan fingerprint density at radius 3 is 2.41 bits per heavy atom. The third-order valence-corrected chi connectivity index (χ3v) is 7.58. The molecule has 0 aromatic heterocycles. The van der Waals surface area contributed by atoms with Gasteiger partial charge in [0.25, 0.3) is 0 Å². The van der Waals surface area contributed by atoms with Crippen LogP contribution in [0.5, 0.6) is 5.75 Å². The molecule has 4 N–H and O–H groups in total. The first-order chi connectivity index (χ1) is 18.7. The zero-order valence-corrected chi connectivity index (χ0v) is 21.9. The predicted molar refractivity (Wildman–Crippen MR) is 142 cm³/mol. The minimum absolute atomic E-state index is 0.153. The van der Waals surface area contributed by atoms with E-state index in [1.165, 1.54) is 5.56 Å². The zero-order valence-electron chi connectivity index (χ0n) is 21.9. The van der Waals surface area contributed by atoms with Gasteiger partial charge in [-0.3, -0.25) is 0 Å². The second-order valence-corrected chi connectivity index (χ2v) is 10.6. The number of rotatable bonds is 7. The molecule has 2 heterocycles. The first-order valence-corrected chi connectivity index (χ1v) is 13.0. The van der Waals surface area contributed by atoms with E-state index in [-0.39, 0.29) is 11.7 Å². The van der Waals surface area contributed by atoms with Gasteiger partial charge in [0.2, 0.25) is 0 Å². The van der Waals surface area contributed by atoms with E-state index in [2.05, 4.69) is 32.0 Å². The molecule has 0 amide bonds. The van der Waals surface area contributed by atoms with Crippen molar-refractivity contribution in [1.29, 1.82) is 5.26 Å². The standard InChI is InChI=1S/C31H33NO7/c1-31(2)24-6-4-3-5-23(24)26(39-31)17-37-22-11-7-18(8-12-22)13-21-14-19(9-10-20(21)15-32)30-29(36)28(35)27(34)25(16-33)38-30/h3-12,14,25-30,33-36H,13,16-17H2,1-2H3/t25-,26?,27-,28+,29-,30+/m1/s1. The molecule has 6 atom stereocenters. The number of aliphatic hydroxyl groups is 4. The Labute approximate surface area is 227 Å². The summed E-state index contributed by atoms with van der Waals surface area (Å²) in [6.45, 7) is 4.00. The minimum Gasteiger partial charge on any atom is -0.491 e. The number of ether oxygens (including phenoxy) is 3. The van der Waals surface area contributed by atoms with Crippen molar-refractivity contribution in [1.82, 2.24) is 0 Å². The second kappa shape index (κ2) is 11.1. The van der Waals surface area contributed by atoms with Crippen LogP contribution in [0, 0.1) is 11.3 Å². The van der Waals surface area contributed by atoms with E-state index >= 15 is 0 Å². The third kappa shape index (κ3) is 5.43. The van der Waals surface area contributed by atoms with E-state index < -0.39 is 37.1 Å². The first-order valence-electron chi connectivity index (χ1n) is 13.0. The van der Waals surface area contributed by atoms with Gasteiger partial charge in [0.05, 0.1) is 23.8 Å². The van der Waals surface area contributed by atoms with E-state index in [0.717, 1.165) is 16.7 Å². The van der Waals surface area contributed by atoms with Gasteiger partial charge in [-0.2, -0.15) is 5.26 Å². The van der Waals surface area contributed by atoms with Crippen molar-refractivity contribution < 1.29 is 34.6 Å². The Kier molecular flexibility index (Phi) is 7.74. The van der Waals surface area contributed by atoms with Crippen LogP contribution in [-0.4, -0.2) is 58.1 Å². The monoisotopic (exact) mass is 531 g/mol. The average Bonchev–Trinajstić information content (AvgIpc) is 3.21. The Morgan fingerprint density at radius 1 is 0.949 bits per heavy atom. The number of fused-ring (bicyclic) bond motifs is 1. The Hall–Kier alpha value is -3.29. The first kappa shape index (κ1) is 27.3. The highest BCUT2D eigenvalue weighted by Gasteiger charge is 2.44. The molecule has 5 rings (SSSR count). The quantitative estimate of drug-likeness (QED) is 0.366. The maximum atomic E-state index is 10.5. The summed E-state index contributed by atoms with van der Waals surface area (Å²) in [4.78, 5) is 0. The molecule has 1 fully saturated rings. The summed E-state index contributed by atoms with van der Waals surface area (Å²) >= 11 is 0. The number of nitriles is 1. The smallest absolute Gasteiger partial charge is 0.119 e. The molecule has 0 aliphatic carbocycles. The summed E-state index contributed by atoms with van der Waals surface area (Å²) in [6, 6.07) is 23.1. The lowest BCUT2D eigenvalue weighted by atomic mass is 9.89. The van der Waals surface area contributed by atoms with Crippen molar-refractivity contribution in [2.75, 3.05) is 13.2 Å². The number of hydrogen-bond donors (Lipinski definition) is 4. The van der Waals surface area contributed by atoms with Crippen LogP contribution in [0.4, 0.5) is 0 Å². The fourth-order valence-corrected chi connectivity index (χ4v) is 5.45. The van der Waals surface area contributed by atoms with Crippen molar-refractivity contribution >= 4 is 0 Å². The Balaban J connectivity index is 1.28. The summed E-state index contributed by atoms with van der Waals surface area (Å²) in [5.41, 5.74) is 4.64. The lowest BCUT2D eigenvalue weighted by Crippen LogP contribution is -2.55. The molecule has 3 aromatic carbocycles. The minimum atomic E-state index is -1.47. The SMILES string of the molecule is CC1(C)OC(COc2ccc(Cc3cc([C@@H]4O[C@H](CO)[C@@H](O)[C@H](O)[C@H]4O)ccc3C#N)cc2)c2ccccc21. The fraction of sp³-hybridized carbons (Fsp3) is 0.387. The van der Waals surface area contributed by atoms with Gasteiger partial charge in [-0.25, -0.2) is 0 Å². The molecule has 204 valence electrons. The van der Waals surface area contributed by atoms with Crippen molar-refractivity contribution in [2.24, 2.45) is 0 Å². The van der Waals surface area contributed by atoms with Crippen molar-refractivity contribution in [3.05, 3.63) is 100 Å². The van der Waals surface area contributed by atoms with Crippen molar-refractivity contribution in [3.8, 4) is 11.8 Å². The molecule has 3 aromatic rings. The number of aliphatic hydroxyl groups excluding tert-OH is 4. The van der Waals surface area contributed by atoms with Crippen molar-refractivity contribution in [2.45, 2.75) is 62.5 Å². The molecule has 2 aliphatic heterocycles. The Bertz CT molecular complexity index is 1350. The van der Waals surface area contributed by atoms with Gasteiger partial charge >= 0.3 is 0 Å². The molecule has 0 spiro atoms.